The largest absolute Gasteiger partial charge is 0.389 e. The van der Waals surface area contributed by atoms with Gasteiger partial charge in [-0.3, -0.25) is 0 Å². The van der Waals surface area contributed by atoms with Gasteiger partial charge in [0.25, 0.3) is 0 Å². The van der Waals surface area contributed by atoms with E-state index in [1.54, 1.807) is 25.1 Å². The number of aliphatic hydroxyl groups excluding tert-OH is 2. The zero-order valence-corrected chi connectivity index (χ0v) is 9.28. The monoisotopic (exact) mass is 223 g/mol. The number of nitriles is 1. The Hall–Kier alpha value is -1.02. The molecule has 2 N–H and O–H groups in total. The smallest absolute Gasteiger partial charge is 0.106 e. The van der Waals surface area contributed by atoms with Crippen LogP contribution in [-0.2, 0) is 0 Å². The van der Waals surface area contributed by atoms with E-state index in [9.17, 15) is 10.2 Å². The van der Waals surface area contributed by atoms with E-state index in [1.807, 2.05) is 6.07 Å². The van der Waals surface area contributed by atoms with Crippen molar-refractivity contribution in [3.8, 4) is 6.07 Å². The molecule has 0 aliphatic carbocycles. The lowest BCUT2D eigenvalue weighted by atomic mass is 9.98. The van der Waals surface area contributed by atoms with Crippen molar-refractivity contribution in [2.75, 3.05) is 5.75 Å². The van der Waals surface area contributed by atoms with Gasteiger partial charge in [0.05, 0.1) is 17.7 Å². The van der Waals surface area contributed by atoms with Gasteiger partial charge in [0.15, 0.2) is 0 Å². The molecule has 1 rings (SSSR count). The summed E-state index contributed by atoms with van der Waals surface area (Å²) in [6.45, 7) is 1.80. The Labute approximate surface area is 94.4 Å². The summed E-state index contributed by atoms with van der Waals surface area (Å²) in [4.78, 5) is 0. The summed E-state index contributed by atoms with van der Waals surface area (Å²) in [6.07, 6.45) is -1.84. The zero-order valence-electron chi connectivity index (χ0n) is 8.38. The minimum atomic E-state index is -0.949. The third-order valence-corrected chi connectivity index (χ3v) is 2.64. The Morgan fingerprint density at radius 3 is 2.60 bits per heavy atom. The van der Waals surface area contributed by atoms with Crippen LogP contribution in [0.5, 0.6) is 0 Å². The molecule has 15 heavy (non-hydrogen) atoms. The molecule has 2 atom stereocenters. The third kappa shape index (κ3) is 2.72. The number of nitrogens with zero attached hydrogens (tertiary/aromatic N) is 1. The van der Waals surface area contributed by atoms with E-state index in [-0.39, 0.29) is 5.75 Å². The van der Waals surface area contributed by atoms with Gasteiger partial charge in [0.1, 0.15) is 6.10 Å². The predicted molar refractivity (Wildman–Crippen MR) is 60.7 cm³/mol. The van der Waals surface area contributed by atoms with Crippen LogP contribution < -0.4 is 0 Å². The Balaban J connectivity index is 3.01. The fourth-order valence-electron chi connectivity index (χ4n) is 1.38. The molecule has 0 saturated heterocycles. The molecular weight excluding hydrogens is 210 g/mol. The first-order valence-electron chi connectivity index (χ1n) is 4.57. The van der Waals surface area contributed by atoms with Crippen LogP contribution in [0.1, 0.15) is 22.8 Å². The number of aryl methyl sites for hydroxylation is 1. The molecule has 0 spiro atoms. The van der Waals surface area contributed by atoms with Crippen LogP contribution in [0.25, 0.3) is 0 Å². The molecule has 0 radical (unpaired) electrons. The number of thiol groups is 1. The number of rotatable bonds is 3. The van der Waals surface area contributed by atoms with E-state index in [1.165, 1.54) is 0 Å². The predicted octanol–water partition coefficient (Wildman–Crippen LogP) is 1.19. The van der Waals surface area contributed by atoms with Gasteiger partial charge in [-0.25, -0.2) is 0 Å². The topological polar surface area (TPSA) is 64.2 Å². The quantitative estimate of drug-likeness (QED) is 0.674. The van der Waals surface area contributed by atoms with Crippen LogP contribution in [0.3, 0.4) is 0 Å². The molecule has 0 aliphatic rings. The molecule has 4 heteroatoms. The summed E-state index contributed by atoms with van der Waals surface area (Å²) in [6, 6.07) is 6.98. The molecule has 0 aromatic heterocycles. The van der Waals surface area contributed by atoms with E-state index < -0.39 is 12.2 Å². The van der Waals surface area contributed by atoms with Gasteiger partial charge in [-0.2, -0.15) is 17.9 Å². The van der Waals surface area contributed by atoms with Crippen LogP contribution in [-0.4, -0.2) is 22.1 Å². The zero-order chi connectivity index (χ0) is 11.4. The first-order valence-corrected chi connectivity index (χ1v) is 5.21. The van der Waals surface area contributed by atoms with Crippen molar-refractivity contribution in [1.29, 1.82) is 5.26 Å². The molecule has 0 aliphatic heterocycles. The molecule has 0 amide bonds. The number of benzene rings is 1. The summed E-state index contributed by atoms with van der Waals surface area (Å²) in [5.74, 6) is 0.195. The average molecular weight is 223 g/mol. The maximum atomic E-state index is 9.75. The molecule has 80 valence electrons. The van der Waals surface area contributed by atoms with Crippen molar-refractivity contribution in [2.45, 2.75) is 19.1 Å². The highest BCUT2D eigenvalue weighted by Gasteiger charge is 2.18. The summed E-state index contributed by atoms with van der Waals surface area (Å²) >= 11 is 3.92. The fourth-order valence-corrected chi connectivity index (χ4v) is 1.58. The fraction of sp³-hybridized carbons (Fsp3) is 0.364. The first-order chi connectivity index (χ1) is 7.10. The molecule has 1 aromatic rings. The lowest BCUT2D eigenvalue weighted by Gasteiger charge is -2.18. The Kier molecular flexibility index (Phi) is 4.15. The average Bonchev–Trinajstić information content (AvgIpc) is 2.26. The maximum Gasteiger partial charge on any atom is 0.106 e. The minimum Gasteiger partial charge on any atom is -0.389 e. The number of hydrogen-bond acceptors (Lipinski definition) is 4. The van der Waals surface area contributed by atoms with Crippen LogP contribution in [0.4, 0.5) is 0 Å². The van der Waals surface area contributed by atoms with Crippen LogP contribution in [0, 0.1) is 18.3 Å². The van der Waals surface area contributed by atoms with E-state index in [0.717, 1.165) is 5.56 Å². The number of hydrogen-bond donors (Lipinski definition) is 3. The van der Waals surface area contributed by atoms with Gasteiger partial charge >= 0.3 is 0 Å². The third-order valence-electron chi connectivity index (χ3n) is 2.27. The second kappa shape index (κ2) is 5.17. The summed E-state index contributed by atoms with van der Waals surface area (Å²) in [5, 5.41) is 27.9. The molecule has 3 nitrogen and oxygen atoms in total. The Bertz CT molecular complexity index is 387. The van der Waals surface area contributed by atoms with Crippen LogP contribution >= 0.6 is 12.6 Å². The summed E-state index contributed by atoms with van der Waals surface area (Å²) < 4.78 is 0. The van der Waals surface area contributed by atoms with Crippen LogP contribution in [0.2, 0.25) is 0 Å². The van der Waals surface area contributed by atoms with E-state index in [2.05, 4.69) is 12.6 Å². The van der Waals surface area contributed by atoms with Crippen LogP contribution in [0.15, 0.2) is 18.2 Å². The molecule has 0 bridgehead atoms. The second-order valence-electron chi connectivity index (χ2n) is 3.38. The normalized spacial score (nSPS) is 14.3. The molecular formula is C11H13NO2S. The van der Waals surface area contributed by atoms with Crippen molar-refractivity contribution in [3.05, 3.63) is 34.9 Å². The minimum absolute atomic E-state index is 0.195. The lowest BCUT2D eigenvalue weighted by Crippen LogP contribution is -2.20. The van der Waals surface area contributed by atoms with E-state index in [4.69, 9.17) is 5.26 Å². The van der Waals surface area contributed by atoms with Gasteiger partial charge in [-0.05, 0) is 30.2 Å². The van der Waals surface area contributed by atoms with Gasteiger partial charge in [0, 0.05) is 5.75 Å². The molecule has 0 fully saturated rings. The lowest BCUT2D eigenvalue weighted by molar-refractivity contribution is 0.0333. The summed E-state index contributed by atoms with van der Waals surface area (Å²) in [5.41, 5.74) is 1.97. The SMILES string of the molecule is Cc1cc(C#N)ccc1C(O)C(O)CS. The highest BCUT2D eigenvalue weighted by atomic mass is 32.1. The first kappa shape index (κ1) is 12.1. The van der Waals surface area contributed by atoms with Gasteiger partial charge in [-0.1, -0.05) is 6.07 Å². The maximum absolute atomic E-state index is 9.75. The molecule has 0 saturated carbocycles. The van der Waals surface area contributed by atoms with Crippen molar-refractivity contribution < 1.29 is 10.2 Å². The number of aliphatic hydroxyl groups is 2. The molecule has 2 unspecified atom stereocenters. The van der Waals surface area contributed by atoms with Gasteiger partial charge in [0.2, 0.25) is 0 Å². The second-order valence-corrected chi connectivity index (χ2v) is 3.74. The van der Waals surface area contributed by atoms with Crippen molar-refractivity contribution in [1.82, 2.24) is 0 Å². The summed E-state index contributed by atoms with van der Waals surface area (Å²) in [7, 11) is 0. The Morgan fingerprint density at radius 1 is 1.47 bits per heavy atom. The molecule has 0 heterocycles. The highest BCUT2D eigenvalue weighted by molar-refractivity contribution is 7.80. The molecule has 1 aromatic carbocycles. The Morgan fingerprint density at radius 2 is 2.13 bits per heavy atom. The van der Waals surface area contributed by atoms with Gasteiger partial charge < -0.3 is 10.2 Å². The highest BCUT2D eigenvalue weighted by Crippen LogP contribution is 2.22. The van der Waals surface area contributed by atoms with E-state index in [0.29, 0.717) is 11.1 Å². The van der Waals surface area contributed by atoms with Crippen molar-refractivity contribution in [3.63, 3.8) is 0 Å². The standard InChI is InChI=1S/C11H13NO2S/c1-7-4-8(5-12)2-3-9(7)11(14)10(13)6-15/h2-4,10-11,13-15H,6H2,1H3. The van der Waals surface area contributed by atoms with Crippen molar-refractivity contribution >= 4 is 12.6 Å². The van der Waals surface area contributed by atoms with E-state index >= 15 is 0 Å². The van der Waals surface area contributed by atoms with Gasteiger partial charge in [-0.15, -0.1) is 0 Å². The van der Waals surface area contributed by atoms with Crippen molar-refractivity contribution in [2.24, 2.45) is 0 Å².